The summed E-state index contributed by atoms with van der Waals surface area (Å²) in [5.74, 6) is 0. The van der Waals surface area contributed by atoms with E-state index in [2.05, 4.69) is 27.1 Å². The van der Waals surface area contributed by atoms with Crippen molar-refractivity contribution in [3.8, 4) is 0 Å². The average Bonchev–Trinajstić information content (AvgIpc) is 2.70. The number of halogens is 1. The van der Waals surface area contributed by atoms with Gasteiger partial charge in [0.05, 0.1) is 5.69 Å². The highest BCUT2D eigenvalue weighted by molar-refractivity contribution is 7.07. The van der Waals surface area contributed by atoms with Crippen molar-refractivity contribution in [3.05, 3.63) is 45.4 Å². The van der Waals surface area contributed by atoms with E-state index in [4.69, 9.17) is 11.6 Å². The Hall–Kier alpha value is -1.06. The molecule has 0 fully saturated rings. The van der Waals surface area contributed by atoms with E-state index < -0.39 is 0 Å². The maximum Gasteiger partial charge on any atom is 0.152 e. The number of hydrogen-bond donors (Lipinski definition) is 1. The predicted molar refractivity (Wildman–Crippen MR) is 65.6 cm³/mol. The quantitative estimate of drug-likeness (QED) is 0.825. The van der Waals surface area contributed by atoms with E-state index in [1.165, 1.54) is 5.56 Å². The normalized spacial score (nSPS) is 10.3. The summed E-state index contributed by atoms with van der Waals surface area (Å²) in [6.07, 6.45) is 1.72. The van der Waals surface area contributed by atoms with Gasteiger partial charge in [-0.15, -0.1) is 0 Å². The number of nitrogens with one attached hydrogen (secondary N) is 1. The van der Waals surface area contributed by atoms with Crippen LogP contribution in [-0.2, 0) is 6.54 Å². The molecule has 2 nitrogen and oxygen atoms in total. The summed E-state index contributed by atoms with van der Waals surface area (Å²) in [6, 6.07) is 4.04. The van der Waals surface area contributed by atoms with Crippen LogP contribution in [0.4, 0.5) is 5.69 Å². The largest absolute Gasteiger partial charge is 0.378 e. The fraction of sp³-hybridized carbons (Fsp3) is 0.182. The summed E-state index contributed by atoms with van der Waals surface area (Å²) in [5.41, 5.74) is 3.30. The summed E-state index contributed by atoms with van der Waals surface area (Å²) in [7, 11) is 0. The van der Waals surface area contributed by atoms with Crippen molar-refractivity contribution >= 4 is 28.6 Å². The number of pyridine rings is 1. The maximum absolute atomic E-state index is 6.00. The molecular weight excluding hydrogens is 228 g/mol. The van der Waals surface area contributed by atoms with Crippen molar-refractivity contribution in [2.75, 3.05) is 5.32 Å². The van der Waals surface area contributed by atoms with Crippen LogP contribution >= 0.6 is 22.9 Å². The van der Waals surface area contributed by atoms with Crippen LogP contribution in [0.15, 0.2) is 29.1 Å². The molecule has 0 atom stereocenters. The zero-order valence-corrected chi connectivity index (χ0v) is 9.90. The minimum atomic E-state index is 0.533. The third kappa shape index (κ3) is 2.49. The Morgan fingerprint density at radius 1 is 1.47 bits per heavy atom. The zero-order valence-electron chi connectivity index (χ0n) is 8.33. The molecule has 15 heavy (non-hydrogen) atoms. The van der Waals surface area contributed by atoms with Crippen molar-refractivity contribution < 1.29 is 0 Å². The molecule has 0 amide bonds. The predicted octanol–water partition coefficient (Wildman–Crippen LogP) is 3.72. The van der Waals surface area contributed by atoms with Gasteiger partial charge in [0.25, 0.3) is 0 Å². The van der Waals surface area contributed by atoms with Gasteiger partial charge in [0, 0.05) is 12.7 Å². The van der Waals surface area contributed by atoms with Crippen molar-refractivity contribution in [1.29, 1.82) is 0 Å². The lowest BCUT2D eigenvalue weighted by atomic mass is 10.2. The molecule has 2 aromatic rings. The van der Waals surface area contributed by atoms with Crippen LogP contribution in [-0.4, -0.2) is 4.98 Å². The van der Waals surface area contributed by atoms with Crippen LogP contribution in [0.3, 0.4) is 0 Å². The lowest BCUT2D eigenvalue weighted by Crippen LogP contribution is -2.01. The lowest BCUT2D eigenvalue weighted by molar-refractivity contribution is 1.14. The van der Waals surface area contributed by atoms with Gasteiger partial charge in [-0.1, -0.05) is 11.6 Å². The summed E-state index contributed by atoms with van der Waals surface area (Å²) in [6.45, 7) is 2.80. The van der Waals surface area contributed by atoms with E-state index in [0.29, 0.717) is 5.15 Å². The second kappa shape index (κ2) is 4.64. The Kier molecular flexibility index (Phi) is 3.23. The maximum atomic E-state index is 6.00. The molecule has 0 aromatic carbocycles. The molecule has 0 saturated heterocycles. The van der Waals surface area contributed by atoms with Gasteiger partial charge in [0.15, 0.2) is 5.15 Å². The van der Waals surface area contributed by atoms with Gasteiger partial charge in [0.1, 0.15) is 0 Å². The molecule has 0 aliphatic rings. The molecule has 0 radical (unpaired) electrons. The molecule has 0 unspecified atom stereocenters. The number of rotatable bonds is 3. The number of hydrogen-bond acceptors (Lipinski definition) is 3. The highest BCUT2D eigenvalue weighted by Crippen LogP contribution is 2.23. The molecule has 0 bridgehead atoms. The van der Waals surface area contributed by atoms with Crippen molar-refractivity contribution in [2.45, 2.75) is 13.5 Å². The highest BCUT2D eigenvalue weighted by atomic mass is 35.5. The van der Waals surface area contributed by atoms with Crippen LogP contribution in [0.2, 0.25) is 5.15 Å². The molecule has 0 aliphatic carbocycles. The van der Waals surface area contributed by atoms with Gasteiger partial charge < -0.3 is 5.32 Å². The van der Waals surface area contributed by atoms with Gasteiger partial charge >= 0.3 is 0 Å². The molecule has 0 saturated carbocycles. The molecule has 0 aliphatic heterocycles. The van der Waals surface area contributed by atoms with Gasteiger partial charge in [-0.2, -0.15) is 11.3 Å². The van der Waals surface area contributed by atoms with Gasteiger partial charge in [-0.25, -0.2) is 4.98 Å². The van der Waals surface area contributed by atoms with E-state index in [1.54, 1.807) is 17.5 Å². The smallest absolute Gasteiger partial charge is 0.152 e. The molecular formula is C11H11ClN2S. The molecule has 2 heterocycles. The number of thiophene rings is 1. The Morgan fingerprint density at radius 3 is 3.00 bits per heavy atom. The Balaban J connectivity index is 2.11. The molecule has 0 spiro atoms. The number of nitrogens with zero attached hydrogens (tertiary/aromatic N) is 1. The third-order valence-corrected chi connectivity index (χ3v) is 3.18. The molecule has 4 heteroatoms. The number of anilines is 1. The van der Waals surface area contributed by atoms with E-state index >= 15 is 0 Å². The lowest BCUT2D eigenvalue weighted by Gasteiger charge is -2.09. The number of aryl methyl sites for hydroxylation is 1. The SMILES string of the molecule is Cc1ccnc(Cl)c1NCc1ccsc1. The summed E-state index contributed by atoms with van der Waals surface area (Å²) in [4.78, 5) is 4.05. The Labute approximate surface area is 97.9 Å². The fourth-order valence-electron chi connectivity index (χ4n) is 1.32. The van der Waals surface area contributed by atoms with E-state index in [1.807, 2.05) is 13.0 Å². The summed E-state index contributed by atoms with van der Waals surface area (Å²) < 4.78 is 0. The van der Waals surface area contributed by atoms with Gasteiger partial charge in [0.2, 0.25) is 0 Å². The second-order valence-electron chi connectivity index (χ2n) is 3.28. The van der Waals surface area contributed by atoms with Crippen molar-refractivity contribution in [3.63, 3.8) is 0 Å². The molecule has 1 N–H and O–H groups in total. The van der Waals surface area contributed by atoms with Crippen molar-refractivity contribution in [1.82, 2.24) is 4.98 Å². The molecule has 2 rings (SSSR count). The van der Waals surface area contributed by atoms with E-state index in [-0.39, 0.29) is 0 Å². The van der Waals surface area contributed by atoms with Crippen molar-refractivity contribution in [2.24, 2.45) is 0 Å². The third-order valence-electron chi connectivity index (χ3n) is 2.16. The average molecular weight is 239 g/mol. The van der Waals surface area contributed by atoms with Gasteiger partial charge in [-0.3, -0.25) is 0 Å². The molecule has 2 aromatic heterocycles. The monoisotopic (exact) mass is 238 g/mol. The standard InChI is InChI=1S/C11H11ClN2S/c1-8-2-4-13-11(12)10(8)14-6-9-3-5-15-7-9/h2-5,7,14H,6H2,1H3. The van der Waals surface area contributed by atoms with Crippen LogP contribution < -0.4 is 5.32 Å². The molecule has 78 valence electrons. The zero-order chi connectivity index (χ0) is 10.7. The Morgan fingerprint density at radius 2 is 2.33 bits per heavy atom. The fourth-order valence-corrected chi connectivity index (χ4v) is 2.26. The highest BCUT2D eigenvalue weighted by Gasteiger charge is 2.03. The summed E-state index contributed by atoms with van der Waals surface area (Å²) >= 11 is 7.69. The van der Waals surface area contributed by atoms with Crippen LogP contribution in [0.1, 0.15) is 11.1 Å². The van der Waals surface area contributed by atoms with E-state index in [9.17, 15) is 0 Å². The number of aromatic nitrogens is 1. The Bertz CT molecular complexity index is 420. The van der Waals surface area contributed by atoms with Crippen LogP contribution in [0.25, 0.3) is 0 Å². The van der Waals surface area contributed by atoms with Crippen LogP contribution in [0.5, 0.6) is 0 Å². The second-order valence-corrected chi connectivity index (χ2v) is 4.42. The first-order valence-corrected chi connectivity index (χ1v) is 5.95. The van der Waals surface area contributed by atoms with E-state index in [0.717, 1.165) is 17.8 Å². The van der Waals surface area contributed by atoms with Crippen LogP contribution in [0, 0.1) is 6.92 Å². The first-order valence-electron chi connectivity index (χ1n) is 4.63. The first-order chi connectivity index (χ1) is 7.27. The minimum absolute atomic E-state index is 0.533. The minimum Gasteiger partial charge on any atom is -0.378 e. The first kappa shape index (κ1) is 10.5. The summed E-state index contributed by atoms with van der Waals surface area (Å²) in [5, 5.41) is 8.01. The topological polar surface area (TPSA) is 24.9 Å². The van der Waals surface area contributed by atoms with Gasteiger partial charge in [-0.05, 0) is 40.9 Å².